The molecule has 104 valence electrons. The van der Waals surface area contributed by atoms with Crippen LogP contribution in [0.5, 0.6) is 5.75 Å². The molecule has 2 N–H and O–H groups in total. The number of nitrogens with zero attached hydrogens (tertiary/aromatic N) is 2. The second-order valence-electron chi connectivity index (χ2n) is 3.82. The molecule has 0 atom stereocenters. The van der Waals surface area contributed by atoms with E-state index in [2.05, 4.69) is 10.2 Å². The highest BCUT2D eigenvalue weighted by atomic mass is 32.2. The molecule has 1 aromatic carbocycles. The molecule has 0 unspecified atom stereocenters. The highest BCUT2D eigenvalue weighted by Gasteiger charge is 2.14. The van der Waals surface area contributed by atoms with Crippen LogP contribution < -0.4 is 0 Å². The number of aryl methyl sites for hydroxylation is 1. The fourth-order valence-corrected chi connectivity index (χ4v) is 2.06. The third-order valence-corrected chi connectivity index (χ3v) is 3.20. The SMILES string of the molecule is CCc1nnc(S/C(=C\c2ccc(O)cc2)C(=O)O)o1. The van der Waals surface area contributed by atoms with Gasteiger partial charge in [0.25, 0.3) is 5.22 Å². The largest absolute Gasteiger partial charge is 0.508 e. The molecule has 0 aliphatic rings. The molecule has 0 spiro atoms. The smallest absolute Gasteiger partial charge is 0.342 e. The van der Waals surface area contributed by atoms with E-state index in [1.54, 1.807) is 12.1 Å². The molecule has 0 amide bonds. The molecule has 20 heavy (non-hydrogen) atoms. The van der Waals surface area contributed by atoms with Crippen molar-refractivity contribution >= 4 is 23.8 Å². The summed E-state index contributed by atoms with van der Waals surface area (Å²) in [6, 6.07) is 6.20. The average molecular weight is 292 g/mol. The standard InChI is InChI=1S/C13H12N2O4S/c1-2-11-14-15-13(19-11)20-10(12(17)18)7-8-3-5-9(16)6-4-8/h3-7,16H,2H2,1H3,(H,17,18)/b10-7-. The zero-order chi connectivity index (χ0) is 14.5. The van der Waals surface area contributed by atoms with Crippen molar-refractivity contribution in [1.82, 2.24) is 10.2 Å². The van der Waals surface area contributed by atoms with E-state index in [-0.39, 0.29) is 15.9 Å². The van der Waals surface area contributed by atoms with Crippen LogP contribution in [0.25, 0.3) is 6.08 Å². The first-order chi connectivity index (χ1) is 9.58. The van der Waals surface area contributed by atoms with Gasteiger partial charge in [0.15, 0.2) is 0 Å². The molecule has 1 heterocycles. The van der Waals surface area contributed by atoms with Gasteiger partial charge in [0.05, 0.1) is 0 Å². The number of thioether (sulfide) groups is 1. The van der Waals surface area contributed by atoms with Gasteiger partial charge < -0.3 is 14.6 Å². The Labute approximate surface area is 119 Å². The maximum absolute atomic E-state index is 11.2. The van der Waals surface area contributed by atoms with Crippen molar-refractivity contribution < 1.29 is 19.4 Å². The molecule has 1 aromatic heterocycles. The lowest BCUT2D eigenvalue weighted by Crippen LogP contribution is -1.96. The lowest BCUT2D eigenvalue weighted by molar-refractivity contribution is -0.131. The summed E-state index contributed by atoms with van der Waals surface area (Å²) < 4.78 is 5.27. The predicted octanol–water partition coefficient (Wildman–Crippen LogP) is 2.56. The molecule has 0 fully saturated rings. The lowest BCUT2D eigenvalue weighted by atomic mass is 10.2. The Balaban J connectivity index is 2.22. The van der Waals surface area contributed by atoms with Gasteiger partial charge in [-0.1, -0.05) is 19.1 Å². The molecule has 2 aromatic rings. The van der Waals surface area contributed by atoms with E-state index in [4.69, 9.17) is 4.42 Å². The van der Waals surface area contributed by atoms with Gasteiger partial charge in [0.2, 0.25) is 5.89 Å². The number of aliphatic carboxylic acids is 1. The summed E-state index contributed by atoms with van der Waals surface area (Å²) >= 11 is 0.891. The fourth-order valence-electron chi connectivity index (χ4n) is 1.37. The maximum Gasteiger partial charge on any atom is 0.342 e. The minimum Gasteiger partial charge on any atom is -0.508 e. The van der Waals surface area contributed by atoms with Gasteiger partial charge in [-0.3, -0.25) is 0 Å². The lowest BCUT2D eigenvalue weighted by Gasteiger charge is -1.99. The quantitative estimate of drug-likeness (QED) is 0.645. The number of hydrogen-bond donors (Lipinski definition) is 2. The first-order valence-corrected chi connectivity index (χ1v) is 6.64. The summed E-state index contributed by atoms with van der Waals surface area (Å²) in [5, 5.41) is 26.1. The van der Waals surface area contributed by atoms with Gasteiger partial charge in [-0.15, -0.1) is 10.2 Å². The Morgan fingerprint density at radius 2 is 2.05 bits per heavy atom. The molecule has 0 saturated heterocycles. The third kappa shape index (κ3) is 3.61. The van der Waals surface area contributed by atoms with Crippen molar-refractivity contribution in [2.45, 2.75) is 18.6 Å². The van der Waals surface area contributed by atoms with Gasteiger partial charge in [0.1, 0.15) is 10.7 Å². The molecule has 0 aliphatic heterocycles. The monoisotopic (exact) mass is 292 g/mol. The summed E-state index contributed by atoms with van der Waals surface area (Å²) in [5.41, 5.74) is 0.655. The maximum atomic E-state index is 11.2. The number of hydrogen-bond acceptors (Lipinski definition) is 6. The van der Waals surface area contributed by atoms with E-state index >= 15 is 0 Å². The van der Waals surface area contributed by atoms with Crippen molar-refractivity contribution in [3.8, 4) is 5.75 Å². The van der Waals surface area contributed by atoms with Crippen LogP contribution in [0.4, 0.5) is 0 Å². The van der Waals surface area contributed by atoms with E-state index in [1.165, 1.54) is 18.2 Å². The normalized spacial score (nSPS) is 11.6. The van der Waals surface area contributed by atoms with Crippen LogP contribution in [-0.2, 0) is 11.2 Å². The molecule has 6 nitrogen and oxygen atoms in total. The van der Waals surface area contributed by atoms with Crippen LogP contribution in [0.1, 0.15) is 18.4 Å². The Kier molecular flexibility index (Phi) is 4.41. The van der Waals surface area contributed by atoms with Crippen molar-refractivity contribution in [3.05, 3.63) is 40.6 Å². The molecule has 2 rings (SSSR count). The molecular weight excluding hydrogens is 280 g/mol. The third-order valence-electron chi connectivity index (χ3n) is 2.35. The summed E-state index contributed by atoms with van der Waals surface area (Å²) in [4.78, 5) is 11.3. The van der Waals surface area contributed by atoms with E-state index in [1.807, 2.05) is 6.92 Å². The molecule has 0 saturated carbocycles. The number of carboxylic acid groups (broad SMARTS) is 1. The first kappa shape index (κ1) is 14.1. The number of benzene rings is 1. The van der Waals surface area contributed by atoms with Gasteiger partial charge >= 0.3 is 5.97 Å². The molecule has 0 bridgehead atoms. The van der Waals surface area contributed by atoms with Crippen molar-refractivity contribution in [3.63, 3.8) is 0 Å². The van der Waals surface area contributed by atoms with Crippen LogP contribution in [0.3, 0.4) is 0 Å². The van der Waals surface area contributed by atoms with E-state index in [0.29, 0.717) is 17.9 Å². The van der Waals surface area contributed by atoms with E-state index in [9.17, 15) is 15.0 Å². The molecule has 0 aliphatic carbocycles. The number of carbonyl (C=O) groups is 1. The second kappa shape index (κ2) is 6.25. The van der Waals surface area contributed by atoms with Crippen molar-refractivity contribution in [2.75, 3.05) is 0 Å². The summed E-state index contributed by atoms with van der Waals surface area (Å²) in [6.45, 7) is 1.87. The fraction of sp³-hybridized carbons (Fsp3) is 0.154. The summed E-state index contributed by atoms with van der Waals surface area (Å²) in [7, 11) is 0. The van der Waals surface area contributed by atoms with Gasteiger partial charge in [-0.25, -0.2) is 4.79 Å². The van der Waals surface area contributed by atoms with Gasteiger partial charge in [-0.2, -0.15) is 0 Å². The van der Waals surface area contributed by atoms with Crippen LogP contribution in [0.15, 0.2) is 38.8 Å². The second-order valence-corrected chi connectivity index (χ2v) is 4.82. The minimum atomic E-state index is -1.08. The molecular formula is C13H12N2O4S. The Hall–Kier alpha value is -2.28. The average Bonchev–Trinajstić information content (AvgIpc) is 2.88. The Morgan fingerprint density at radius 3 is 2.60 bits per heavy atom. The molecule has 7 heteroatoms. The topological polar surface area (TPSA) is 96.5 Å². The van der Waals surface area contributed by atoms with Crippen LogP contribution in [-0.4, -0.2) is 26.4 Å². The van der Waals surface area contributed by atoms with Crippen LogP contribution in [0.2, 0.25) is 0 Å². The van der Waals surface area contributed by atoms with E-state index < -0.39 is 5.97 Å². The van der Waals surface area contributed by atoms with Gasteiger partial charge in [0, 0.05) is 6.42 Å². The zero-order valence-electron chi connectivity index (χ0n) is 10.6. The highest BCUT2D eigenvalue weighted by Crippen LogP contribution is 2.27. The van der Waals surface area contributed by atoms with Crippen LogP contribution in [0, 0.1) is 0 Å². The highest BCUT2D eigenvalue weighted by molar-refractivity contribution is 8.03. The van der Waals surface area contributed by atoms with Crippen molar-refractivity contribution in [1.29, 1.82) is 0 Å². The summed E-state index contributed by atoms with van der Waals surface area (Å²) in [5.74, 6) is -0.502. The number of aromatic hydroxyl groups is 1. The van der Waals surface area contributed by atoms with Gasteiger partial charge in [-0.05, 0) is 35.5 Å². The summed E-state index contributed by atoms with van der Waals surface area (Å²) in [6.07, 6.45) is 2.07. The Morgan fingerprint density at radius 1 is 1.35 bits per heavy atom. The van der Waals surface area contributed by atoms with E-state index in [0.717, 1.165) is 11.8 Å². The Bertz CT molecular complexity index is 634. The number of phenolic OH excluding ortho intramolecular Hbond substituents is 1. The van der Waals surface area contributed by atoms with Crippen LogP contribution >= 0.6 is 11.8 Å². The minimum absolute atomic E-state index is 0.0574. The first-order valence-electron chi connectivity index (χ1n) is 5.82. The number of carboxylic acids is 1. The number of aromatic nitrogens is 2. The number of phenols is 1. The van der Waals surface area contributed by atoms with Crippen molar-refractivity contribution in [2.24, 2.45) is 0 Å². The number of rotatable bonds is 5. The predicted molar refractivity (Wildman–Crippen MR) is 73.3 cm³/mol. The molecule has 0 radical (unpaired) electrons. The zero-order valence-corrected chi connectivity index (χ0v) is 11.4.